The molecule has 4 heteroatoms. The molecule has 1 aliphatic heterocycles. The second-order valence-corrected chi connectivity index (χ2v) is 5.61. The molecule has 0 radical (unpaired) electrons. The zero-order chi connectivity index (χ0) is 13.7. The first-order valence-electron chi connectivity index (χ1n) is 7.09. The fraction of sp³-hybridized carbons (Fsp3) is 0.600. The topological polar surface area (TPSA) is 15.3 Å². The molecule has 0 aliphatic carbocycles. The molecule has 19 heavy (non-hydrogen) atoms. The standard InChI is InChI=1S/C15H22ClFN2/c1-2-7-18-10-14-4-3-8-19(14)11-12-5-6-13(17)9-15(12)16/h5-6,9,14,18H,2-4,7-8,10-11H2,1H3. The van der Waals surface area contributed by atoms with Gasteiger partial charge in [-0.2, -0.15) is 0 Å². The minimum absolute atomic E-state index is 0.267. The number of nitrogens with one attached hydrogen (secondary N) is 1. The van der Waals surface area contributed by atoms with Crippen LogP contribution in [0.15, 0.2) is 18.2 Å². The van der Waals surface area contributed by atoms with E-state index in [0.29, 0.717) is 11.1 Å². The normalized spacial score (nSPS) is 20.1. The summed E-state index contributed by atoms with van der Waals surface area (Å²) < 4.78 is 13.0. The monoisotopic (exact) mass is 284 g/mol. The summed E-state index contributed by atoms with van der Waals surface area (Å²) in [5.41, 5.74) is 1.02. The minimum Gasteiger partial charge on any atom is -0.315 e. The molecule has 1 saturated heterocycles. The Bertz CT molecular complexity index is 411. The molecule has 0 aromatic heterocycles. The lowest BCUT2D eigenvalue weighted by molar-refractivity contribution is 0.239. The SMILES string of the molecule is CCCNCC1CCCN1Cc1ccc(F)cc1Cl. The fourth-order valence-corrected chi connectivity index (χ4v) is 2.88. The Balaban J connectivity index is 1.93. The molecule has 0 amide bonds. The number of hydrogen-bond donors (Lipinski definition) is 1. The summed E-state index contributed by atoms with van der Waals surface area (Å²) in [5.74, 6) is -0.267. The van der Waals surface area contributed by atoms with Gasteiger partial charge in [0.15, 0.2) is 0 Å². The van der Waals surface area contributed by atoms with Crippen LogP contribution in [0.1, 0.15) is 31.7 Å². The van der Waals surface area contributed by atoms with Crippen molar-refractivity contribution < 1.29 is 4.39 Å². The highest BCUT2D eigenvalue weighted by Crippen LogP contribution is 2.24. The molecule has 2 rings (SSSR count). The molecule has 0 saturated carbocycles. The van der Waals surface area contributed by atoms with E-state index < -0.39 is 0 Å². The Morgan fingerprint density at radius 2 is 2.32 bits per heavy atom. The molecule has 1 N–H and O–H groups in total. The van der Waals surface area contributed by atoms with E-state index in [4.69, 9.17) is 11.6 Å². The second-order valence-electron chi connectivity index (χ2n) is 5.21. The maximum Gasteiger partial charge on any atom is 0.124 e. The molecular formula is C15H22ClFN2. The predicted molar refractivity (Wildman–Crippen MR) is 78.0 cm³/mol. The van der Waals surface area contributed by atoms with Crippen LogP contribution in [0.3, 0.4) is 0 Å². The molecule has 0 spiro atoms. The van der Waals surface area contributed by atoms with Gasteiger partial charge in [-0.15, -0.1) is 0 Å². The summed E-state index contributed by atoms with van der Waals surface area (Å²) in [4.78, 5) is 2.45. The first kappa shape index (κ1) is 14.8. The predicted octanol–water partition coefficient (Wildman–Crippen LogP) is 3.44. The van der Waals surface area contributed by atoms with Crippen LogP contribution >= 0.6 is 11.6 Å². The second kappa shape index (κ2) is 7.22. The summed E-state index contributed by atoms with van der Waals surface area (Å²) in [6, 6.07) is 5.26. The average molecular weight is 285 g/mol. The molecular weight excluding hydrogens is 263 g/mol. The highest BCUT2D eigenvalue weighted by molar-refractivity contribution is 6.31. The van der Waals surface area contributed by atoms with Crippen LogP contribution in [0.5, 0.6) is 0 Å². The van der Waals surface area contributed by atoms with E-state index in [-0.39, 0.29) is 5.82 Å². The molecule has 1 aliphatic rings. The van der Waals surface area contributed by atoms with Gasteiger partial charge in [0.25, 0.3) is 0 Å². The quantitative estimate of drug-likeness (QED) is 0.805. The van der Waals surface area contributed by atoms with Crippen LogP contribution in [0.2, 0.25) is 5.02 Å². The van der Waals surface area contributed by atoms with Gasteiger partial charge in [-0.1, -0.05) is 24.6 Å². The number of halogens is 2. The van der Waals surface area contributed by atoms with Crippen LogP contribution in [-0.2, 0) is 6.54 Å². The molecule has 1 aromatic carbocycles. The lowest BCUT2D eigenvalue weighted by atomic mass is 10.1. The van der Waals surface area contributed by atoms with Crippen LogP contribution in [0.4, 0.5) is 4.39 Å². The third kappa shape index (κ3) is 4.16. The van der Waals surface area contributed by atoms with Crippen molar-refractivity contribution in [2.24, 2.45) is 0 Å². The summed E-state index contributed by atoms with van der Waals surface area (Å²) >= 11 is 6.10. The Morgan fingerprint density at radius 1 is 1.47 bits per heavy atom. The largest absolute Gasteiger partial charge is 0.315 e. The van der Waals surface area contributed by atoms with Crippen molar-refractivity contribution >= 4 is 11.6 Å². The first-order valence-corrected chi connectivity index (χ1v) is 7.47. The van der Waals surface area contributed by atoms with Crippen molar-refractivity contribution in [3.63, 3.8) is 0 Å². The van der Waals surface area contributed by atoms with Crippen molar-refractivity contribution in [2.75, 3.05) is 19.6 Å². The maximum atomic E-state index is 13.0. The third-order valence-corrected chi connectivity index (χ3v) is 4.05. The van der Waals surface area contributed by atoms with E-state index in [0.717, 1.165) is 38.2 Å². The van der Waals surface area contributed by atoms with Gasteiger partial charge in [0, 0.05) is 24.2 Å². The molecule has 2 nitrogen and oxygen atoms in total. The Kier molecular flexibility index (Phi) is 5.61. The zero-order valence-corrected chi connectivity index (χ0v) is 12.2. The van der Waals surface area contributed by atoms with E-state index in [1.807, 2.05) is 0 Å². The smallest absolute Gasteiger partial charge is 0.124 e. The minimum atomic E-state index is -0.267. The number of rotatable bonds is 6. The van der Waals surface area contributed by atoms with E-state index >= 15 is 0 Å². The summed E-state index contributed by atoms with van der Waals surface area (Å²) in [6.45, 7) is 6.20. The molecule has 1 unspecified atom stereocenters. The van der Waals surface area contributed by atoms with Gasteiger partial charge in [0.05, 0.1) is 0 Å². The number of benzene rings is 1. The van der Waals surface area contributed by atoms with Gasteiger partial charge in [-0.05, 0) is 50.0 Å². The van der Waals surface area contributed by atoms with Gasteiger partial charge in [0.2, 0.25) is 0 Å². The zero-order valence-electron chi connectivity index (χ0n) is 11.5. The van der Waals surface area contributed by atoms with Crippen molar-refractivity contribution in [1.82, 2.24) is 10.2 Å². The van der Waals surface area contributed by atoms with Gasteiger partial charge < -0.3 is 5.32 Å². The van der Waals surface area contributed by atoms with Crippen LogP contribution in [0, 0.1) is 5.82 Å². The van der Waals surface area contributed by atoms with Gasteiger partial charge in [0.1, 0.15) is 5.82 Å². The fourth-order valence-electron chi connectivity index (χ4n) is 2.65. The average Bonchev–Trinajstić information content (AvgIpc) is 2.81. The Morgan fingerprint density at radius 3 is 3.05 bits per heavy atom. The maximum absolute atomic E-state index is 13.0. The summed E-state index contributed by atoms with van der Waals surface area (Å²) in [5, 5.41) is 4.02. The molecule has 1 heterocycles. The molecule has 1 aromatic rings. The van der Waals surface area contributed by atoms with Crippen molar-refractivity contribution in [1.29, 1.82) is 0 Å². The lowest BCUT2D eigenvalue weighted by Crippen LogP contribution is -2.37. The molecule has 106 valence electrons. The van der Waals surface area contributed by atoms with Crippen molar-refractivity contribution in [2.45, 2.75) is 38.8 Å². The van der Waals surface area contributed by atoms with E-state index in [9.17, 15) is 4.39 Å². The van der Waals surface area contributed by atoms with Crippen molar-refractivity contribution in [3.05, 3.63) is 34.6 Å². The highest BCUT2D eigenvalue weighted by Gasteiger charge is 2.24. The number of nitrogens with zero attached hydrogens (tertiary/aromatic N) is 1. The molecule has 0 bridgehead atoms. The molecule has 1 fully saturated rings. The van der Waals surface area contributed by atoms with E-state index in [2.05, 4.69) is 17.1 Å². The van der Waals surface area contributed by atoms with Crippen LogP contribution in [-0.4, -0.2) is 30.6 Å². The Hall–Kier alpha value is -0.640. The van der Waals surface area contributed by atoms with Crippen molar-refractivity contribution in [3.8, 4) is 0 Å². The van der Waals surface area contributed by atoms with E-state index in [1.54, 1.807) is 6.07 Å². The number of hydrogen-bond acceptors (Lipinski definition) is 2. The van der Waals surface area contributed by atoms with Crippen LogP contribution in [0.25, 0.3) is 0 Å². The van der Waals surface area contributed by atoms with Gasteiger partial charge in [-0.3, -0.25) is 4.90 Å². The highest BCUT2D eigenvalue weighted by atomic mass is 35.5. The number of likely N-dealkylation sites (tertiary alicyclic amines) is 1. The van der Waals surface area contributed by atoms with Crippen LogP contribution < -0.4 is 5.32 Å². The van der Waals surface area contributed by atoms with Gasteiger partial charge >= 0.3 is 0 Å². The van der Waals surface area contributed by atoms with Gasteiger partial charge in [-0.25, -0.2) is 4.39 Å². The Labute approximate surface area is 119 Å². The first-order chi connectivity index (χ1) is 9.20. The summed E-state index contributed by atoms with van der Waals surface area (Å²) in [7, 11) is 0. The van der Waals surface area contributed by atoms with E-state index in [1.165, 1.54) is 25.0 Å². The lowest BCUT2D eigenvalue weighted by Gasteiger charge is -2.25. The molecule has 1 atom stereocenters. The summed E-state index contributed by atoms with van der Waals surface area (Å²) in [6.07, 6.45) is 3.63. The third-order valence-electron chi connectivity index (χ3n) is 3.69.